The Morgan fingerprint density at radius 1 is 0.800 bits per heavy atom. The van der Waals surface area contributed by atoms with Gasteiger partial charge in [-0.3, -0.25) is 4.79 Å². The number of alkyl halides is 1. The van der Waals surface area contributed by atoms with Crippen molar-refractivity contribution in [1.29, 1.82) is 0 Å². The number of hydrogen-bond acceptors (Lipinski definition) is 1. The van der Waals surface area contributed by atoms with Crippen LogP contribution in [0.4, 0.5) is 0 Å². The number of carbonyl (C=O) groups is 1. The molecule has 0 aromatic heterocycles. The quantitative estimate of drug-likeness (QED) is 0.312. The summed E-state index contributed by atoms with van der Waals surface area (Å²) in [5.41, 5.74) is 5.11. The van der Waals surface area contributed by atoms with Gasteiger partial charge in [-0.25, -0.2) is 0 Å². The first kappa shape index (κ1) is 19.8. The molecule has 1 atom stereocenters. The Bertz CT molecular complexity index is 221. The van der Waals surface area contributed by atoms with E-state index in [9.17, 15) is 4.79 Å². The number of primary amides is 1. The third kappa shape index (κ3) is 14.2. The van der Waals surface area contributed by atoms with Crippen molar-refractivity contribution in [3.63, 3.8) is 0 Å². The lowest BCUT2D eigenvalue weighted by Crippen LogP contribution is -2.23. The Hall–Kier alpha value is -0.240. The zero-order valence-corrected chi connectivity index (χ0v) is 14.1. The van der Waals surface area contributed by atoms with Gasteiger partial charge in [-0.05, 0) is 6.42 Å². The van der Waals surface area contributed by atoms with Crippen molar-refractivity contribution in [3.8, 4) is 0 Å². The van der Waals surface area contributed by atoms with Crippen molar-refractivity contribution in [2.45, 2.75) is 102 Å². The van der Waals surface area contributed by atoms with Crippen molar-refractivity contribution in [3.05, 3.63) is 0 Å². The molecular weight excluding hydrogens is 270 g/mol. The third-order valence-corrected chi connectivity index (χ3v) is 4.30. The van der Waals surface area contributed by atoms with Crippen LogP contribution in [0.1, 0.15) is 96.8 Å². The van der Waals surface area contributed by atoms with Crippen LogP contribution in [0.25, 0.3) is 0 Å². The standard InChI is InChI=1S/C17H34ClNO/c1-2-3-4-5-6-7-8-9-10-11-12-13-14-15-16(18)17(19)20/h16H,2-15H2,1H3,(H2,19,20). The normalized spacial score (nSPS) is 12.5. The maximum Gasteiger partial charge on any atom is 0.235 e. The van der Waals surface area contributed by atoms with E-state index in [-0.39, 0.29) is 5.91 Å². The topological polar surface area (TPSA) is 43.1 Å². The number of nitrogens with two attached hydrogens (primary N) is 1. The highest BCUT2D eigenvalue weighted by Gasteiger charge is 2.09. The summed E-state index contributed by atoms with van der Waals surface area (Å²) in [7, 11) is 0. The predicted molar refractivity (Wildman–Crippen MR) is 89.1 cm³/mol. The number of amides is 1. The molecule has 0 bridgehead atoms. The largest absolute Gasteiger partial charge is 0.368 e. The Balaban J connectivity index is 3.04. The molecular formula is C17H34ClNO. The molecule has 0 aliphatic heterocycles. The van der Waals surface area contributed by atoms with Gasteiger partial charge in [0.2, 0.25) is 5.91 Å². The number of carbonyl (C=O) groups excluding carboxylic acids is 1. The summed E-state index contributed by atoms with van der Waals surface area (Å²) in [5.74, 6) is -0.384. The minimum absolute atomic E-state index is 0.384. The lowest BCUT2D eigenvalue weighted by atomic mass is 10.0. The fourth-order valence-electron chi connectivity index (χ4n) is 2.48. The fraction of sp³-hybridized carbons (Fsp3) is 0.941. The third-order valence-electron chi connectivity index (χ3n) is 3.87. The van der Waals surface area contributed by atoms with Crippen LogP contribution in [0.2, 0.25) is 0 Å². The van der Waals surface area contributed by atoms with Gasteiger partial charge in [0.15, 0.2) is 0 Å². The summed E-state index contributed by atoms with van der Waals surface area (Å²) in [6, 6.07) is 0. The molecule has 0 aliphatic carbocycles. The summed E-state index contributed by atoms with van der Waals surface area (Å²) in [6.45, 7) is 2.27. The van der Waals surface area contributed by atoms with E-state index in [1.807, 2.05) is 0 Å². The fourth-order valence-corrected chi connectivity index (χ4v) is 2.64. The zero-order chi connectivity index (χ0) is 15.1. The Morgan fingerprint density at radius 2 is 1.15 bits per heavy atom. The minimum atomic E-state index is -0.470. The second kappa shape index (κ2) is 15.2. The van der Waals surface area contributed by atoms with Crippen LogP contribution >= 0.6 is 11.6 Å². The number of rotatable bonds is 15. The molecule has 3 heteroatoms. The SMILES string of the molecule is CCCCCCCCCCCCCCCC(Cl)C(N)=O. The Labute approximate surface area is 130 Å². The average Bonchev–Trinajstić information content (AvgIpc) is 2.43. The molecule has 2 nitrogen and oxygen atoms in total. The van der Waals surface area contributed by atoms with Gasteiger partial charge in [-0.15, -0.1) is 11.6 Å². The molecule has 1 unspecified atom stereocenters. The number of halogens is 1. The Morgan fingerprint density at radius 3 is 1.50 bits per heavy atom. The highest BCUT2D eigenvalue weighted by atomic mass is 35.5. The van der Waals surface area contributed by atoms with Crippen molar-refractivity contribution < 1.29 is 4.79 Å². The maximum absolute atomic E-state index is 10.7. The molecule has 2 N–H and O–H groups in total. The van der Waals surface area contributed by atoms with Gasteiger partial charge in [-0.1, -0.05) is 90.4 Å². The molecule has 0 aliphatic rings. The summed E-state index contributed by atoms with van der Waals surface area (Å²) in [6.07, 6.45) is 18.1. The first-order chi connectivity index (χ1) is 9.68. The van der Waals surface area contributed by atoms with Gasteiger partial charge < -0.3 is 5.73 Å². The van der Waals surface area contributed by atoms with Crippen LogP contribution in [-0.4, -0.2) is 11.3 Å². The van der Waals surface area contributed by atoms with E-state index in [4.69, 9.17) is 17.3 Å². The van der Waals surface area contributed by atoms with Gasteiger partial charge in [0.1, 0.15) is 5.38 Å². The van der Waals surface area contributed by atoms with Crippen molar-refractivity contribution in [2.75, 3.05) is 0 Å². The van der Waals surface area contributed by atoms with Gasteiger partial charge >= 0.3 is 0 Å². The van der Waals surface area contributed by atoms with E-state index in [0.29, 0.717) is 0 Å². The molecule has 120 valence electrons. The van der Waals surface area contributed by atoms with E-state index in [1.54, 1.807) is 0 Å². The molecule has 0 saturated heterocycles. The lowest BCUT2D eigenvalue weighted by molar-refractivity contribution is -0.117. The molecule has 0 radical (unpaired) electrons. The van der Waals surface area contributed by atoms with E-state index >= 15 is 0 Å². The van der Waals surface area contributed by atoms with Crippen molar-refractivity contribution in [2.24, 2.45) is 5.73 Å². The van der Waals surface area contributed by atoms with Gasteiger partial charge in [0.25, 0.3) is 0 Å². The molecule has 20 heavy (non-hydrogen) atoms. The van der Waals surface area contributed by atoms with E-state index < -0.39 is 5.38 Å². The van der Waals surface area contributed by atoms with Crippen LogP contribution in [0.15, 0.2) is 0 Å². The monoisotopic (exact) mass is 303 g/mol. The van der Waals surface area contributed by atoms with Crippen LogP contribution in [-0.2, 0) is 4.79 Å². The van der Waals surface area contributed by atoms with Gasteiger partial charge in [0, 0.05) is 0 Å². The zero-order valence-electron chi connectivity index (χ0n) is 13.3. The molecule has 0 spiro atoms. The van der Waals surface area contributed by atoms with Gasteiger partial charge in [0.05, 0.1) is 0 Å². The molecule has 0 fully saturated rings. The molecule has 0 aromatic rings. The van der Waals surface area contributed by atoms with Crippen LogP contribution in [0, 0.1) is 0 Å². The van der Waals surface area contributed by atoms with Crippen LogP contribution < -0.4 is 5.73 Å². The predicted octanol–water partition coefficient (Wildman–Crippen LogP) is 5.56. The van der Waals surface area contributed by atoms with Crippen molar-refractivity contribution in [1.82, 2.24) is 0 Å². The smallest absolute Gasteiger partial charge is 0.235 e. The highest BCUT2D eigenvalue weighted by molar-refractivity contribution is 6.30. The molecule has 0 saturated carbocycles. The summed E-state index contributed by atoms with van der Waals surface area (Å²) in [4.78, 5) is 10.7. The van der Waals surface area contributed by atoms with Gasteiger partial charge in [-0.2, -0.15) is 0 Å². The van der Waals surface area contributed by atoms with Crippen LogP contribution in [0.3, 0.4) is 0 Å². The Kier molecular flexibility index (Phi) is 15.0. The number of hydrogen-bond donors (Lipinski definition) is 1. The highest BCUT2D eigenvalue weighted by Crippen LogP contribution is 2.14. The average molecular weight is 304 g/mol. The van der Waals surface area contributed by atoms with Crippen molar-refractivity contribution >= 4 is 17.5 Å². The maximum atomic E-state index is 10.7. The first-order valence-electron chi connectivity index (χ1n) is 8.62. The van der Waals surface area contributed by atoms with E-state index in [0.717, 1.165) is 12.8 Å². The number of unbranched alkanes of at least 4 members (excludes halogenated alkanes) is 12. The van der Waals surface area contributed by atoms with Crippen LogP contribution in [0.5, 0.6) is 0 Å². The second-order valence-electron chi connectivity index (χ2n) is 5.90. The van der Waals surface area contributed by atoms with E-state index in [1.165, 1.54) is 77.0 Å². The summed E-state index contributed by atoms with van der Waals surface area (Å²) >= 11 is 5.78. The van der Waals surface area contributed by atoms with E-state index in [2.05, 4.69) is 6.92 Å². The summed E-state index contributed by atoms with van der Waals surface area (Å²) < 4.78 is 0. The summed E-state index contributed by atoms with van der Waals surface area (Å²) in [5, 5.41) is -0.470. The molecule has 0 heterocycles. The minimum Gasteiger partial charge on any atom is -0.368 e. The molecule has 0 rings (SSSR count). The molecule has 1 amide bonds. The molecule has 0 aromatic carbocycles. The lowest BCUT2D eigenvalue weighted by Gasteiger charge is -2.05. The first-order valence-corrected chi connectivity index (χ1v) is 9.05. The second-order valence-corrected chi connectivity index (χ2v) is 6.43.